The number of carbonyl (C=O) groups excluding carboxylic acids is 1. The number of amides is 1. The maximum atomic E-state index is 12.2. The predicted octanol–water partition coefficient (Wildman–Crippen LogP) is 4.96. The van der Waals surface area contributed by atoms with Crippen LogP contribution in [0.25, 0.3) is 0 Å². The molecule has 4 heteroatoms. The summed E-state index contributed by atoms with van der Waals surface area (Å²) in [4.78, 5) is 16.8. The van der Waals surface area contributed by atoms with Gasteiger partial charge in [-0.15, -0.1) is 0 Å². The number of carbonyl (C=O) groups is 1. The second-order valence-corrected chi connectivity index (χ2v) is 7.68. The van der Waals surface area contributed by atoms with Crippen LogP contribution in [0.4, 0.5) is 5.82 Å². The number of pyridine rings is 1. The third kappa shape index (κ3) is 5.31. The first-order valence-electron chi connectivity index (χ1n) is 8.62. The molecule has 1 aromatic carbocycles. The summed E-state index contributed by atoms with van der Waals surface area (Å²) in [6.45, 7) is 12.5. The molecule has 2 aromatic rings. The van der Waals surface area contributed by atoms with E-state index in [1.807, 2.05) is 71.9 Å². The highest BCUT2D eigenvalue weighted by Crippen LogP contribution is 2.30. The van der Waals surface area contributed by atoms with Crippen LogP contribution in [0.2, 0.25) is 0 Å². The molecule has 0 fully saturated rings. The van der Waals surface area contributed by atoms with Gasteiger partial charge in [-0.25, -0.2) is 4.98 Å². The molecule has 4 nitrogen and oxygen atoms in total. The number of aryl methyl sites for hydroxylation is 1. The largest absolute Gasteiger partial charge is 0.487 e. The lowest BCUT2D eigenvalue weighted by molar-refractivity contribution is -0.117. The molecule has 1 amide bonds. The second kappa shape index (κ2) is 7.68. The topological polar surface area (TPSA) is 51.2 Å². The fraction of sp³-hybridized carbons (Fsp3) is 0.429. The Labute approximate surface area is 150 Å². The van der Waals surface area contributed by atoms with E-state index in [2.05, 4.69) is 10.3 Å². The highest BCUT2D eigenvalue weighted by Gasteiger charge is 2.19. The molecule has 0 aliphatic heterocycles. The molecule has 0 spiro atoms. The van der Waals surface area contributed by atoms with E-state index in [9.17, 15) is 4.79 Å². The number of ether oxygens (including phenoxy) is 1. The molecule has 0 saturated carbocycles. The van der Waals surface area contributed by atoms with Gasteiger partial charge in [0.1, 0.15) is 18.2 Å². The van der Waals surface area contributed by atoms with Crippen LogP contribution in [0.5, 0.6) is 5.75 Å². The van der Waals surface area contributed by atoms with Gasteiger partial charge >= 0.3 is 0 Å². The number of benzene rings is 1. The number of anilines is 1. The fourth-order valence-corrected chi connectivity index (χ4v) is 2.64. The number of nitrogens with one attached hydrogen (secondary N) is 1. The van der Waals surface area contributed by atoms with Crippen molar-refractivity contribution >= 4 is 11.7 Å². The first kappa shape index (κ1) is 19.0. The average Bonchev–Trinajstić information content (AvgIpc) is 2.51. The normalized spacial score (nSPS) is 11.3. The molecule has 1 N–H and O–H groups in total. The number of hydrogen-bond acceptors (Lipinski definition) is 3. The molecule has 1 aromatic heterocycles. The third-order valence-corrected chi connectivity index (χ3v) is 4.04. The summed E-state index contributed by atoms with van der Waals surface area (Å²) in [5.74, 6) is 1.39. The summed E-state index contributed by atoms with van der Waals surface area (Å²) in [6.07, 6.45) is 0.457. The highest BCUT2D eigenvalue weighted by molar-refractivity contribution is 5.91. The van der Waals surface area contributed by atoms with E-state index in [4.69, 9.17) is 4.74 Å². The van der Waals surface area contributed by atoms with Crippen molar-refractivity contribution in [2.75, 3.05) is 5.32 Å². The minimum absolute atomic E-state index is 0.0140. The smallest absolute Gasteiger partial charge is 0.226 e. The molecule has 0 aliphatic rings. The highest BCUT2D eigenvalue weighted by atomic mass is 16.5. The fourth-order valence-electron chi connectivity index (χ4n) is 2.64. The Balaban J connectivity index is 2.16. The lowest BCUT2D eigenvalue weighted by Crippen LogP contribution is -2.21. The Hall–Kier alpha value is -2.36. The average molecular weight is 340 g/mol. The molecule has 134 valence electrons. The Morgan fingerprint density at radius 1 is 1.08 bits per heavy atom. The predicted molar refractivity (Wildman–Crippen MR) is 102 cm³/mol. The van der Waals surface area contributed by atoms with Gasteiger partial charge in [-0.1, -0.05) is 51.1 Å². The molecule has 0 atom stereocenters. The standard InChI is InChI=1S/C21H28N2O2/c1-14-15(2)20(23-18(24)12-21(4,5)6)22-16(3)19(14)25-13-17-10-8-7-9-11-17/h7-11H,12-13H2,1-6H3,(H,22,23,24). The Bertz CT molecular complexity index is 747. The van der Waals surface area contributed by atoms with E-state index in [1.54, 1.807) is 0 Å². The first-order chi connectivity index (χ1) is 11.7. The van der Waals surface area contributed by atoms with Crippen LogP contribution < -0.4 is 10.1 Å². The van der Waals surface area contributed by atoms with Gasteiger partial charge in [-0.2, -0.15) is 0 Å². The van der Waals surface area contributed by atoms with Gasteiger partial charge in [-0.3, -0.25) is 4.79 Å². The van der Waals surface area contributed by atoms with Crippen molar-refractivity contribution in [3.63, 3.8) is 0 Å². The molecule has 0 bridgehead atoms. The molecule has 0 aliphatic carbocycles. The summed E-state index contributed by atoms with van der Waals surface area (Å²) in [5, 5.41) is 2.94. The SMILES string of the molecule is Cc1nc(NC(=O)CC(C)(C)C)c(C)c(C)c1OCc1ccccc1. The van der Waals surface area contributed by atoms with Crippen molar-refractivity contribution in [2.45, 2.75) is 54.6 Å². The zero-order chi connectivity index (χ0) is 18.6. The van der Waals surface area contributed by atoms with Crippen LogP contribution in [0.3, 0.4) is 0 Å². The van der Waals surface area contributed by atoms with Gasteiger partial charge < -0.3 is 10.1 Å². The van der Waals surface area contributed by atoms with E-state index in [1.165, 1.54) is 0 Å². The van der Waals surface area contributed by atoms with E-state index in [-0.39, 0.29) is 11.3 Å². The van der Waals surface area contributed by atoms with Crippen molar-refractivity contribution in [1.29, 1.82) is 0 Å². The molecule has 0 radical (unpaired) electrons. The molecule has 1 heterocycles. The molecular formula is C21H28N2O2. The quantitative estimate of drug-likeness (QED) is 0.837. The summed E-state index contributed by atoms with van der Waals surface area (Å²) in [7, 11) is 0. The number of nitrogens with zero attached hydrogens (tertiary/aromatic N) is 1. The number of hydrogen-bond donors (Lipinski definition) is 1. The monoisotopic (exact) mass is 340 g/mol. The summed E-state index contributed by atoms with van der Waals surface area (Å²) >= 11 is 0. The van der Waals surface area contributed by atoms with Crippen molar-refractivity contribution < 1.29 is 9.53 Å². The van der Waals surface area contributed by atoms with Crippen molar-refractivity contribution in [1.82, 2.24) is 4.98 Å². The first-order valence-corrected chi connectivity index (χ1v) is 8.62. The minimum Gasteiger partial charge on any atom is -0.487 e. The van der Waals surface area contributed by atoms with Gasteiger partial charge in [0.05, 0.1) is 5.69 Å². The van der Waals surface area contributed by atoms with Crippen LogP contribution >= 0.6 is 0 Å². The second-order valence-electron chi connectivity index (χ2n) is 7.68. The summed E-state index contributed by atoms with van der Waals surface area (Å²) in [6, 6.07) is 10.0. The molecular weight excluding hydrogens is 312 g/mol. The van der Waals surface area contributed by atoms with Crippen molar-refractivity contribution in [2.24, 2.45) is 5.41 Å². The lowest BCUT2D eigenvalue weighted by Gasteiger charge is -2.20. The molecule has 0 saturated heterocycles. The minimum atomic E-state index is -0.0547. The zero-order valence-corrected chi connectivity index (χ0v) is 16.1. The van der Waals surface area contributed by atoms with Crippen LogP contribution in [0.1, 0.15) is 49.6 Å². The van der Waals surface area contributed by atoms with Crippen LogP contribution in [0, 0.1) is 26.2 Å². The van der Waals surface area contributed by atoms with E-state index >= 15 is 0 Å². The lowest BCUT2D eigenvalue weighted by atomic mass is 9.92. The molecule has 2 rings (SSSR count). The van der Waals surface area contributed by atoms with Crippen molar-refractivity contribution in [3.05, 3.63) is 52.7 Å². The van der Waals surface area contributed by atoms with Gasteiger partial charge in [-0.05, 0) is 42.9 Å². The van der Waals surface area contributed by atoms with Crippen LogP contribution in [0.15, 0.2) is 30.3 Å². The Kier molecular flexibility index (Phi) is 5.83. The Morgan fingerprint density at radius 2 is 1.72 bits per heavy atom. The van der Waals surface area contributed by atoms with Gasteiger partial charge in [0.25, 0.3) is 0 Å². The van der Waals surface area contributed by atoms with Crippen molar-refractivity contribution in [3.8, 4) is 5.75 Å². The maximum Gasteiger partial charge on any atom is 0.226 e. The maximum absolute atomic E-state index is 12.2. The summed E-state index contributed by atoms with van der Waals surface area (Å²) in [5.41, 5.74) is 3.79. The number of rotatable bonds is 5. The van der Waals surface area contributed by atoms with E-state index in [0.29, 0.717) is 18.8 Å². The van der Waals surface area contributed by atoms with Crippen LogP contribution in [-0.2, 0) is 11.4 Å². The molecule has 0 unspecified atom stereocenters. The summed E-state index contributed by atoms with van der Waals surface area (Å²) < 4.78 is 6.00. The van der Waals surface area contributed by atoms with Gasteiger partial charge in [0.2, 0.25) is 5.91 Å². The third-order valence-electron chi connectivity index (χ3n) is 4.04. The van der Waals surface area contributed by atoms with Gasteiger partial charge in [0.15, 0.2) is 0 Å². The van der Waals surface area contributed by atoms with Gasteiger partial charge in [0, 0.05) is 6.42 Å². The Morgan fingerprint density at radius 3 is 2.32 bits per heavy atom. The molecule has 25 heavy (non-hydrogen) atoms. The van der Waals surface area contributed by atoms with E-state index < -0.39 is 0 Å². The number of aromatic nitrogens is 1. The van der Waals surface area contributed by atoms with Crippen LogP contribution in [-0.4, -0.2) is 10.9 Å². The van der Waals surface area contributed by atoms with E-state index in [0.717, 1.165) is 28.1 Å². The zero-order valence-electron chi connectivity index (χ0n) is 16.1.